The van der Waals surface area contributed by atoms with E-state index < -0.39 is 19.1 Å². The minimum absolute atomic E-state index is 0.363. The molecule has 0 fully saturated rings. The summed E-state index contributed by atoms with van der Waals surface area (Å²) in [5, 5.41) is 32.2. The van der Waals surface area contributed by atoms with Crippen molar-refractivity contribution in [2.75, 3.05) is 0 Å². The first kappa shape index (κ1) is 19.4. The van der Waals surface area contributed by atoms with E-state index in [-0.39, 0.29) is 0 Å². The summed E-state index contributed by atoms with van der Waals surface area (Å²) in [6, 6.07) is 3.24. The normalized spacial score (nSPS) is 8.26. The molecule has 8 nitrogen and oxygen atoms in total. The van der Waals surface area contributed by atoms with Crippen molar-refractivity contribution in [3.63, 3.8) is 0 Å². The molecule has 0 aliphatic heterocycles. The maximum absolute atomic E-state index is 9.00. The minimum Gasteiger partial charge on any atom is -0.481 e. The summed E-state index contributed by atoms with van der Waals surface area (Å²) in [6.45, 7) is 2.53. The lowest BCUT2D eigenvalue weighted by Gasteiger charge is -1.98. The van der Waals surface area contributed by atoms with Gasteiger partial charge in [-0.3, -0.25) is 14.6 Å². The quantitative estimate of drug-likeness (QED) is 0.403. The molecule has 1 aromatic rings. The highest BCUT2D eigenvalue weighted by molar-refractivity contribution is 6.58. The average Bonchev–Trinajstić information content (AvgIpc) is 2.27. The summed E-state index contributed by atoms with van der Waals surface area (Å²) in [5.41, 5.74) is 6.40. The van der Waals surface area contributed by atoms with Gasteiger partial charge in [0.15, 0.2) is 0 Å². The van der Waals surface area contributed by atoms with E-state index in [1.54, 1.807) is 12.1 Å². The van der Waals surface area contributed by atoms with E-state index in [4.69, 9.17) is 35.6 Å². The van der Waals surface area contributed by atoms with Crippen LogP contribution in [0, 0.1) is 0 Å². The lowest BCUT2D eigenvalue weighted by atomic mass is 9.82. The van der Waals surface area contributed by atoms with E-state index >= 15 is 0 Å². The Morgan fingerprint density at radius 3 is 1.84 bits per heavy atom. The Kier molecular flexibility index (Phi) is 11.4. The highest BCUT2D eigenvalue weighted by Gasteiger charge is 2.09. The Labute approximate surface area is 110 Å². The molecule has 1 heterocycles. The Hall–Kier alpha value is -1.97. The zero-order chi connectivity index (χ0) is 15.4. The summed E-state index contributed by atoms with van der Waals surface area (Å²) < 4.78 is 0. The van der Waals surface area contributed by atoms with Crippen LogP contribution in [0.3, 0.4) is 0 Å². The van der Waals surface area contributed by atoms with Crippen LogP contribution >= 0.6 is 0 Å². The molecule has 0 unspecified atom stereocenters. The van der Waals surface area contributed by atoms with Crippen LogP contribution in [0.25, 0.3) is 0 Å². The van der Waals surface area contributed by atoms with Crippen molar-refractivity contribution >= 4 is 24.5 Å². The Morgan fingerprint density at radius 1 is 1.21 bits per heavy atom. The zero-order valence-electron chi connectivity index (χ0n) is 10.6. The van der Waals surface area contributed by atoms with Gasteiger partial charge in [0.2, 0.25) is 0 Å². The molecule has 0 aromatic carbocycles. The van der Waals surface area contributed by atoms with Gasteiger partial charge in [-0.15, -0.1) is 0 Å². The molecule has 0 saturated carbocycles. The number of nitrogens with two attached hydrogens (primary N) is 1. The van der Waals surface area contributed by atoms with Crippen molar-refractivity contribution in [1.82, 2.24) is 4.98 Å². The van der Waals surface area contributed by atoms with Crippen molar-refractivity contribution in [1.29, 1.82) is 0 Å². The predicted molar refractivity (Wildman–Crippen MR) is 68.6 cm³/mol. The largest absolute Gasteiger partial charge is 0.490 e. The number of hydrogen-bond donors (Lipinski definition) is 5. The molecule has 1 rings (SSSR count). The number of aromatic nitrogens is 1. The third-order valence-corrected chi connectivity index (χ3v) is 1.35. The lowest BCUT2D eigenvalue weighted by molar-refractivity contribution is -0.135. The number of carboxylic acids is 2. The predicted octanol–water partition coefficient (Wildman–Crippen LogP) is -1.60. The topological polar surface area (TPSA) is 154 Å². The number of carbonyl (C=O) groups is 2. The van der Waals surface area contributed by atoms with Crippen molar-refractivity contribution < 1.29 is 29.9 Å². The standard InChI is InChI=1S/C6H9BN2O2.2C2H4O2/c8-3-6-2-1-5(4-9-6)7(10)11;2*1-2(3)4/h1-2,4,10-11H,3,8H2;2*1H3,(H,3,4). The number of nitrogens with zero attached hydrogens (tertiary/aromatic N) is 1. The summed E-state index contributed by atoms with van der Waals surface area (Å²) in [5.74, 6) is -1.67. The molecule has 0 bridgehead atoms. The van der Waals surface area contributed by atoms with E-state index in [2.05, 4.69) is 4.98 Å². The second-order valence-corrected chi connectivity index (χ2v) is 3.20. The van der Waals surface area contributed by atoms with Crippen molar-refractivity contribution in [3.8, 4) is 0 Å². The van der Waals surface area contributed by atoms with Gasteiger partial charge in [-0.1, -0.05) is 6.07 Å². The molecule has 0 amide bonds. The van der Waals surface area contributed by atoms with Gasteiger partial charge in [0.1, 0.15) is 0 Å². The molecule has 0 aliphatic carbocycles. The molecule has 0 radical (unpaired) electrons. The highest BCUT2D eigenvalue weighted by Crippen LogP contribution is 1.88. The van der Waals surface area contributed by atoms with Gasteiger partial charge in [0.25, 0.3) is 11.9 Å². The molecule has 1 aromatic heterocycles. The first-order valence-electron chi connectivity index (χ1n) is 5.10. The van der Waals surface area contributed by atoms with Gasteiger partial charge in [-0.25, -0.2) is 0 Å². The highest BCUT2D eigenvalue weighted by atomic mass is 16.4. The van der Waals surface area contributed by atoms with Crippen LogP contribution in [0.2, 0.25) is 0 Å². The van der Waals surface area contributed by atoms with E-state index in [1.165, 1.54) is 6.20 Å². The molecule has 9 heteroatoms. The van der Waals surface area contributed by atoms with E-state index in [1.807, 2.05) is 0 Å². The van der Waals surface area contributed by atoms with Crippen LogP contribution in [-0.4, -0.2) is 44.3 Å². The van der Waals surface area contributed by atoms with E-state index in [0.29, 0.717) is 12.0 Å². The van der Waals surface area contributed by atoms with Gasteiger partial charge >= 0.3 is 7.12 Å². The van der Waals surface area contributed by atoms with Crippen molar-refractivity contribution in [3.05, 3.63) is 24.0 Å². The van der Waals surface area contributed by atoms with E-state index in [0.717, 1.165) is 19.5 Å². The van der Waals surface area contributed by atoms with Gasteiger partial charge < -0.3 is 26.0 Å². The van der Waals surface area contributed by atoms with Crippen LogP contribution in [0.4, 0.5) is 0 Å². The maximum atomic E-state index is 9.00. The molecule has 0 atom stereocenters. The SMILES string of the molecule is CC(=O)O.CC(=O)O.NCc1ccc(B(O)O)cn1. The third kappa shape index (κ3) is 16.0. The van der Waals surface area contributed by atoms with Gasteiger partial charge in [-0.2, -0.15) is 0 Å². The number of rotatable bonds is 2. The second kappa shape index (κ2) is 11.1. The molecule has 0 saturated heterocycles. The van der Waals surface area contributed by atoms with Crippen LogP contribution in [0.15, 0.2) is 18.3 Å². The summed E-state index contributed by atoms with van der Waals surface area (Å²) in [7, 11) is -1.45. The smallest absolute Gasteiger partial charge is 0.481 e. The number of pyridine rings is 1. The fourth-order valence-electron chi connectivity index (χ4n) is 0.709. The first-order valence-corrected chi connectivity index (χ1v) is 5.10. The number of carboxylic acid groups (broad SMARTS) is 2. The van der Waals surface area contributed by atoms with Gasteiger partial charge in [-0.05, 0) is 6.07 Å². The zero-order valence-corrected chi connectivity index (χ0v) is 10.6. The van der Waals surface area contributed by atoms with Crippen molar-refractivity contribution in [2.45, 2.75) is 20.4 Å². The lowest BCUT2D eigenvalue weighted by Crippen LogP contribution is -2.30. The first-order chi connectivity index (χ1) is 8.70. The third-order valence-electron chi connectivity index (χ3n) is 1.35. The summed E-state index contributed by atoms with van der Waals surface area (Å²) >= 11 is 0. The summed E-state index contributed by atoms with van der Waals surface area (Å²) in [4.78, 5) is 21.9. The molecule has 0 spiro atoms. The minimum atomic E-state index is -1.45. The molecular formula is C10H17BN2O6. The Balaban J connectivity index is 0. The average molecular weight is 272 g/mol. The second-order valence-electron chi connectivity index (χ2n) is 3.20. The van der Waals surface area contributed by atoms with Gasteiger partial charge in [0, 0.05) is 32.1 Å². The Morgan fingerprint density at radius 2 is 1.63 bits per heavy atom. The summed E-state index contributed by atoms with van der Waals surface area (Å²) in [6.07, 6.45) is 1.40. The Bertz CT molecular complexity index is 362. The van der Waals surface area contributed by atoms with Crippen LogP contribution in [0.5, 0.6) is 0 Å². The monoisotopic (exact) mass is 272 g/mol. The van der Waals surface area contributed by atoms with Crippen molar-refractivity contribution in [2.24, 2.45) is 5.73 Å². The molecular weight excluding hydrogens is 255 g/mol. The fraction of sp³-hybridized carbons (Fsp3) is 0.300. The molecule has 19 heavy (non-hydrogen) atoms. The van der Waals surface area contributed by atoms with E-state index in [9.17, 15) is 0 Å². The number of hydrogen-bond acceptors (Lipinski definition) is 6. The molecule has 0 aliphatic rings. The molecule has 106 valence electrons. The van der Waals surface area contributed by atoms with Crippen LogP contribution in [-0.2, 0) is 16.1 Å². The maximum Gasteiger partial charge on any atom is 0.490 e. The number of aliphatic carboxylic acids is 2. The van der Waals surface area contributed by atoms with Gasteiger partial charge in [0.05, 0.1) is 5.69 Å². The fourth-order valence-corrected chi connectivity index (χ4v) is 0.709. The van der Waals surface area contributed by atoms with Crippen LogP contribution < -0.4 is 11.2 Å². The van der Waals surface area contributed by atoms with Crippen LogP contribution in [0.1, 0.15) is 19.5 Å². The molecule has 6 N–H and O–H groups in total.